The molecule has 11 heteroatoms. The Labute approximate surface area is 189 Å². The van der Waals surface area contributed by atoms with Gasteiger partial charge in [0.25, 0.3) is 0 Å². The molecule has 0 radical (unpaired) electrons. The zero-order valence-corrected chi connectivity index (χ0v) is 18.0. The number of carbonyl (C=O) groups excluding carboxylic acids is 1. The van der Waals surface area contributed by atoms with Crippen molar-refractivity contribution < 1.29 is 9.32 Å². The number of aromatic nitrogens is 6. The fourth-order valence-electron chi connectivity index (χ4n) is 3.74. The molecule has 33 heavy (non-hydrogen) atoms. The number of pyridine rings is 1. The molecular formula is C22H23N9O2. The lowest BCUT2D eigenvalue weighted by molar-refractivity contribution is -0.128. The first-order valence-corrected chi connectivity index (χ1v) is 10.6. The Morgan fingerprint density at radius 3 is 2.76 bits per heavy atom. The van der Waals surface area contributed by atoms with Crippen LogP contribution < -0.4 is 11.1 Å². The van der Waals surface area contributed by atoms with Gasteiger partial charge in [0.15, 0.2) is 5.82 Å². The van der Waals surface area contributed by atoms with Crippen molar-refractivity contribution in [2.75, 3.05) is 25.5 Å². The van der Waals surface area contributed by atoms with E-state index in [1.54, 1.807) is 35.0 Å². The molecule has 1 fully saturated rings. The van der Waals surface area contributed by atoms with Crippen LogP contribution in [0.2, 0.25) is 0 Å². The van der Waals surface area contributed by atoms with E-state index in [4.69, 9.17) is 15.2 Å². The van der Waals surface area contributed by atoms with Crippen LogP contribution in [-0.4, -0.2) is 60.8 Å². The SMILES string of the molecule is CN1CCC(c2cc(-c3cccc(-c4ccnc(Nc5ccn(CCN)n5)n4)n3)no2)C1=O. The Kier molecular flexibility index (Phi) is 5.53. The summed E-state index contributed by atoms with van der Waals surface area (Å²) in [4.78, 5) is 27.5. The Hall–Kier alpha value is -4.12. The van der Waals surface area contributed by atoms with Crippen molar-refractivity contribution in [3.8, 4) is 22.8 Å². The first-order chi connectivity index (χ1) is 16.1. The molecule has 11 nitrogen and oxygen atoms in total. The summed E-state index contributed by atoms with van der Waals surface area (Å²) in [6.07, 6.45) is 4.22. The van der Waals surface area contributed by atoms with Crippen molar-refractivity contribution in [2.24, 2.45) is 5.73 Å². The van der Waals surface area contributed by atoms with E-state index in [1.165, 1.54) is 0 Å². The van der Waals surface area contributed by atoms with Crippen molar-refractivity contribution in [1.29, 1.82) is 0 Å². The Balaban J connectivity index is 1.36. The van der Waals surface area contributed by atoms with Crippen LogP contribution in [0.4, 0.5) is 11.8 Å². The highest BCUT2D eigenvalue weighted by molar-refractivity contribution is 5.85. The molecule has 1 aliphatic rings. The van der Waals surface area contributed by atoms with Gasteiger partial charge in [-0.3, -0.25) is 9.48 Å². The summed E-state index contributed by atoms with van der Waals surface area (Å²) >= 11 is 0. The lowest BCUT2D eigenvalue weighted by Gasteiger charge is -2.07. The number of hydrogen-bond acceptors (Lipinski definition) is 9. The van der Waals surface area contributed by atoms with E-state index in [1.807, 2.05) is 30.5 Å². The fourth-order valence-corrected chi connectivity index (χ4v) is 3.74. The third-order valence-electron chi connectivity index (χ3n) is 5.47. The molecule has 0 aromatic carbocycles. The number of likely N-dealkylation sites (N-methyl/N-ethyl adjacent to an activating group) is 1. The predicted octanol–water partition coefficient (Wildman–Crippen LogP) is 2.04. The Morgan fingerprint density at radius 1 is 1.15 bits per heavy atom. The van der Waals surface area contributed by atoms with Gasteiger partial charge in [0.05, 0.1) is 23.6 Å². The zero-order chi connectivity index (χ0) is 22.8. The molecule has 1 unspecified atom stereocenters. The molecular weight excluding hydrogens is 422 g/mol. The second-order valence-electron chi connectivity index (χ2n) is 7.77. The van der Waals surface area contributed by atoms with Gasteiger partial charge in [0, 0.05) is 44.7 Å². The highest BCUT2D eigenvalue weighted by Crippen LogP contribution is 2.30. The third kappa shape index (κ3) is 4.30. The molecule has 0 aliphatic carbocycles. The van der Waals surface area contributed by atoms with Crippen LogP contribution in [0.5, 0.6) is 0 Å². The van der Waals surface area contributed by atoms with Gasteiger partial charge in [-0.15, -0.1) is 0 Å². The molecule has 5 rings (SSSR count). The van der Waals surface area contributed by atoms with Crippen LogP contribution in [0.15, 0.2) is 53.3 Å². The maximum Gasteiger partial charge on any atom is 0.233 e. The van der Waals surface area contributed by atoms with Gasteiger partial charge in [0.1, 0.15) is 17.4 Å². The summed E-state index contributed by atoms with van der Waals surface area (Å²) in [6, 6.07) is 11.0. The van der Waals surface area contributed by atoms with Crippen LogP contribution in [0, 0.1) is 0 Å². The average molecular weight is 445 g/mol. The predicted molar refractivity (Wildman–Crippen MR) is 120 cm³/mol. The molecule has 1 atom stereocenters. The highest BCUT2D eigenvalue weighted by Gasteiger charge is 2.33. The molecule has 0 spiro atoms. The van der Waals surface area contributed by atoms with Crippen molar-refractivity contribution in [1.82, 2.24) is 34.8 Å². The fraction of sp³-hybridized carbons (Fsp3) is 0.273. The first-order valence-electron chi connectivity index (χ1n) is 10.6. The van der Waals surface area contributed by atoms with Gasteiger partial charge in [-0.05, 0) is 24.6 Å². The standard InChI is InChI=1S/C22H23N9O2/c1-30-10-6-14(21(30)32)19-13-18(29-33-19)16-4-2-3-15(25-16)17-5-9-24-22(26-17)27-20-7-11-31(28-20)12-8-23/h2-5,7,9,11,13-14H,6,8,10,12,23H2,1H3,(H,24,26,27,28). The molecule has 168 valence electrons. The topological polar surface area (TPSA) is 141 Å². The van der Waals surface area contributed by atoms with Crippen LogP contribution in [0.25, 0.3) is 22.8 Å². The van der Waals surface area contributed by atoms with E-state index in [2.05, 4.69) is 25.5 Å². The highest BCUT2D eigenvalue weighted by atomic mass is 16.5. The Bertz CT molecular complexity index is 1280. The van der Waals surface area contributed by atoms with Crippen LogP contribution in [0.1, 0.15) is 18.1 Å². The normalized spacial score (nSPS) is 15.9. The molecule has 0 saturated carbocycles. The van der Waals surface area contributed by atoms with E-state index < -0.39 is 0 Å². The number of hydrogen-bond donors (Lipinski definition) is 2. The second kappa shape index (κ2) is 8.79. The number of nitrogens with zero attached hydrogens (tertiary/aromatic N) is 7. The summed E-state index contributed by atoms with van der Waals surface area (Å²) in [6.45, 7) is 1.86. The second-order valence-corrected chi connectivity index (χ2v) is 7.77. The minimum atomic E-state index is -0.289. The zero-order valence-electron chi connectivity index (χ0n) is 18.0. The number of rotatable bonds is 7. The molecule has 3 N–H and O–H groups in total. The van der Waals surface area contributed by atoms with Crippen molar-refractivity contribution >= 4 is 17.7 Å². The maximum absolute atomic E-state index is 12.3. The summed E-state index contributed by atoms with van der Waals surface area (Å²) < 4.78 is 7.23. The minimum absolute atomic E-state index is 0.0493. The van der Waals surface area contributed by atoms with E-state index in [-0.39, 0.29) is 11.8 Å². The summed E-state index contributed by atoms with van der Waals surface area (Å²) in [5.41, 5.74) is 8.08. The van der Waals surface area contributed by atoms with Gasteiger partial charge in [-0.1, -0.05) is 11.2 Å². The molecule has 1 amide bonds. The number of likely N-dealkylation sites (tertiary alicyclic amines) is 1. The average Bonchev–Trinajstić information content (AvgIpc) is 3.56. The molecule has 0 bridgehead atoms. The summed E-state index contributed by atoms with van der Waals surface area (Å²) in [5.74, 6) is 1.36. The monoisotopic (exact) mass is 445 g/mol. The van der Waals surface area contributed by atoms with E-state index in [0.29, 0.717) is 59.9 Å². The van der Waals surface area contributed by atoms with Gasteiger partial charge < -0.3 is 20.5 Å². The lowest BCUT2D eigenvalue weighted by Crippen LogP contribution is -2.21. The first kappa shape index (κ1) is 20.8. The van der Waals surface area contributed by atoms with E-state index in [9.17, 15) is 4.79 Å². The number of amides is 1. The smallest absolute Gasteiger partial charge is 0.233 e. The van der Waals surface area contributed by atoms with Crippen LogP contribution >= 0.6 is 0 Å². The molecule has 1 saturated heterocycles. The van der Waals surface area contributed by atoms with Crippen LogP contribution in [-0.2, 0) is 11.3 Å². The van der Waals surface area contributed by atoms with Crippen molar-refractivity contribution in [3.05, 3.63) is 54.6 Å². The summed E-state index contributed by atoms with van der Waals surface area (Å²) in [7, 11) is 1.79. The minimum Gasteiger partial charge on any atom is -0.360 e. The van der Waals surface area contributed by atoms with Gasteiger partial charge >= 0.3 is 0 Å². The molecule has 1 aliphatic heterocycles. The quantitative estimate of drug-likeness (QED) is 0.437. The maximum atomic E-state index is 12.3. The molecule has 4 aromatic heterocycles. The van der Waals surface area contributed by atoms with Gasteiger partial charge in [0.2, 0.25) is 11.9 Å². The summed E-state index contributed by atoms with van der Waals surface area (Å²) in [5, 5.41) is 11.6. The third-order valence-corrected chi connectivity index (χ3v) is 5.47. The molecule has 5 heterocycles. The molecule has 4 aromatic rings. The van der Waals surface area contributed by atoms with Crippen molar-refractivity contribution in [2.45, 2.75) is 18.9 Å². The van der Waals surface area contributed by atoms with Crippen molar-refractivity contribution in [3.63, 3.8) is 0 Å². The van der Waals surface area contributed by atoms with Gasteiger partial charge in [-0.2, -0.15) is 5.10 Å². The van der Waals surface area contributed by atoms with E-state index >= 15 is 0 Å². The van der Waals surface area contributed by atoms with Crippen LogP contribution in [0.3, 0.4) is 0 Å². The number of carbonyl (C=O) groups is 1. The number of anilines is 2. The van der Waals surface area contributed by atoms with E-state index in [0.717, 1.165) is 6.42 Å². The number of nitrogens with one attached hydrogen (secondary N) is 1. The number of nitrogens with two attached hydrogens (primary N) is 1. The Morgan fingerprint density at radius 2 is 1.97 bits per heavy atom. The lowest BCUT2D eigenvalue weighted by atomic mass is 10.0. The van der Waals surface area contributed by atoms with Gasteiger partial charge in [-0.25, -0.2) is 15.0 Å². The largest absolute Gasteiger partial charge is 0.360 e.